The smallest absolute Gasteiger partial charge is 0.249 e. The Morgan fingerprint density at radius 2 is 2.00 bits per heavy atom. The van der Waals surface area contributed by atoms with Crippen molar-refractivity contribution in [2.24, 2.45) is 23.7 Å². The molecule has 1 amide bonds. The van der Waals surface area contributed by atoms with Gasteiger partial charge in [-0.2, -0.15) is 0 Å². The number of ether oxygens (including phenoxy) is 3. The van der Waals surface area contributed by atoms with Crippen molar-refractivity contribution in [3.8, 4) is 0 Å². The standard InChI is InChI=1S/C19H31NO6/c1-11-5-6-14-12(2)15(16(21)20-9-10-22-4)23-17-19(14)13(11)7-8-18(3,24-17)25-26-19/h11-15,17H,5-10H2,1-4H3,(H,20,21)/t11-,12-,13+,14+,15-,17-,18-,19-/m1/s1. The fourth-order valence-electron chi connectivity index (χ4n) is 5.58. The van der Waals surface area contributed by atoms with E-state index in [1.165, 1.54) is 0 Å². The first kappa shape index (κ1) is 18.6. The van der Waals surface area contributed by atoms with Gasteiger partial charge in [0.15, 0.2) is 11.9 Å². The second-order valence-corrected chi connectivity index (χ2v) is 8.61. The molecular weight excluding hydrogens is 338 g/mol. The Hall–Kier alpha value is -0.730. The maximum Gasteiger partial charge on any atom is 0.249 e. The second kappa shape index (κ2) is 6.71. The van der Waals surface area contributed by atoms with Crippen LogP contribution < -0.4 is 5.32 Å². The van der Waals surface area contributed by atoms with Gasteiger partial charge in [0.25, 0.3) is 0 Å². The van der Waals surface area contributed by atoms with E-state index in [1.54, 1.807) is 7.11 Å². The SMILES string of the molecule is COCCNC(=O)[C@@H]1O[C@@H]2O[C@@]3(C)CC[C@H]4[C@H](C)CC[C@@H]([C@H]1C)[C@@]24OO3. The number of hydrogen-bond acceptors (Lipinski definition) is 6. The van der Waals surface area contributed by atoms with Crippen LogP contribution in [0.5, 0.6) is 0 Å². The second-order valence-electron chi connectivity index (χ2n) is 8.61. The average molecular weight is 369 g/mol. The van der Waals surface area contributed by atoms with E-state index in [1.807, 2.05) is 6.92 Å². The van der Waals surface area contributed by atoms with Crippen molar-refractivity contribution in [3.63, 3.8) is 0 Å². The molecule has 0 aromatic rings. The van der Waals surface area contributed by atoms with Gasteiger partial charge in [-0.1, -0.05) is 13.8 Å². The van der Waals surface area contributed by atoms with Crippen molar-refractivity contribution in [2.45, 2.75) is 70.2 Å². The van der Waals surface area contributed by atoms with Crippen molar-refractivity contribution in [1.29, 1.82) is 0 Å². The Labute approximate surface area is 154 Å². The summed E-state index contributed by atoms with van der Waals surface area (Å²) in [5.41, 5.74) is -0.615. The van der Waals surface area contributed by atoms with E-state index in [0.29, 0.717) is 25.0 Å². The summed E-state index contributed by atoms with van der Waals surface area (Å²) in [6.07, 6.45) is 2.76. The van der Waals surface area contributed by atoms with Crippen LogP contribution in [0.15, 0.2) is 0 Å². The van der Waals surface area contributed by atoms with E-state index < -0.39 is 23.8 Å². The molecule has 5 fully saturated rings. The highest BCUT2D eigenvalue weighted by molar-refractivity contribution is 5.81. The third-order valence-corrected chi connectivity index (χ3v) is 7.02. The van der Waals surface area contributed by atoms with Crippen LogP contribution in [0.25, 0.3) is 0 Å². The summed E-state index contributed by atoms with van der Waals surface area (Å²) in [6, 6.07) is 0. The van der Waals surface area contributed by atoms with E-state index in [9.17, 15) is 4.79 Å². The van der Waals surface area contributed by atoms with Crippen molar-refractivity contribution >= 4 is 5.91 Å². The molecule has 1 N–H and O–H groups in total. The first-order valence-electron chi connectivity index (χ1n) is 9.88. The zero-order valence-electron chi connectivity index (χ0n) is 16.2. The van der Waals surface area contributed by atoms with Crippen LogP contribution in [0.4, 0.5) is 0 Å². The summed E-state index contributed by atoms with van der Waals surface area (Å²) in [4.78, 5) is 24.6. The molecule has 1 spiro atoms. The monoisotopic (exact) mass is 369 g/mol. The highest BCUT2D eigenvalue weighted by atomic mass is 17.3. The number of fused-ring (bicyclic) bond motifs is 2. The zero-order chi connectivity index (χ0) is 18.5. The van der Waals surface area contributed by atoms with Crippen LogP contribution in [0.2, 0.25) is 0 Å². The van der Waals surface area contributed by atoms with Gasteiger partial charge in [-0.05, 0) is 43.9 Å². The van der Waals surface area contributed by atoms with Crippen LogP contribution in [-0.2, 0) is 28.8 Å². The predicted molar refractivity (Wildman–Crippen MR) is 91.7 cm³/mol. The third-order valence-electron chi connectivity index (χ3n) is 7.02. The fraction of sp³-hybridized carbons (Fsp3) is 0.947. The average Bonchev–Trinajstić information content (AvgIpc) is 2.84. The van der Waals surface area contributed by atoms with Gasteiger partial charge < -0.3 is 19.5 Å². The Bertz CT molecular complexity index is 558. The summed E-state index contributed by atoms with van der Waals surface area (Å²) in [5, 5.41) is 2.91. The van der Waals surface area contributed by atoms with Gasteiger partial charge >= 0.3 is 0 Å². The molecule has 7 nitrogen and oxygen atoms in total. The summed E-state index contributed by atoms with van der Waals surface area (Å²) in [6.45, 7) is 7.22. The Balaban J connectivity index is 1.63. The van der Waals surface area contributed by atoms with E-state index >= 15 is 0 Å². The van der Waals surface area contributed by atoms with Crippen LogP contribution in [-0.4, -0.2) is 50.0 Å². The Morgan fingerprint density at radius 1 is 1.19 bits per heavy atom. The molecule has 0 radical (unpaired) electrons. The third kappa shape index (κ3) is 2.71. The molecule has 4 heterocycles. The van der Waals surface area contributed by atoms with Crippen LogP contribution >= 0.6 is 0 Å². The lowest BCUT2D eigenvalue weighted by Crippen LogP contribution is -2.71. The summed E-state index contributed by atoms with van der Waals surface area (Å²) in [5.74, 6) is 0.116. The number of carbonyl (C=O) groups is 1. The number of nitrogens with one attached hydrogen (secondary N) is 1. The lowest BCUT2D eigenvalue weighted by Gasteiger charge is -2.60. The molecule has 5 rings (SSSR count). The molecule has 7 heteroatoms. The molecule has 26 heavy (non-hydrogen) atoms. The minimum Gasteiger partial charge on any atom is -0.383 e. The van der Waals surface area contributed by atoms with Gasteiger partial charge in [0.05, 0.1) is 6.61 Å². The highest BCUT2D eigenvalue weighted by Gasteiger charge is 2.69. The van der Waals surface area contributed by atoms with E-state index in [2.05, 4.69) is 19.2 Å². The van der Waals surface area contributed by atoms with Crippen molar-refractivity contribution in [1.82, 2.24) is 5.32 Å². The quantitative estimate of drug-likeness (QED) is 0.603. The van der Waals surface area contributed by atoms with Gasteiger partial charge in [-0.15, -0.1) is 0 Å². The maximum absolute atomic E-state index is 12.7. The largest absolute Gasteiger partial charge is 0.383 e. The van der Waals surface area contributed by atoms with Crippen molar-refractivity contribution in [2.75, 3.05) is 20.3 Å². The molecule has 0 aromatic carbocycles. The fourth-order valence-corrected chi connectivity index (χ4v) is 5.58. The first-order chi connectivity index (χ1) is 12.4. The number of carbonyl (C=O) groups excluding carboxylic acids is 1. The molecule has 8 atom stereocenters. The number of amides is 1. The summed E-state index contributed by atoms with van der Waals surface area (Å²) in [7, 11) is 1.62. The van der Waals surface area contributed by atoms with Crippen molar-refractivity contribution < 1.29 is 28.8 Å². The van der Waals surface area contributed by atoms with Crippen LogP contribution in [0.1, 0.15) is 46.5 Å². The minimum atomic E-state index is -0.810. The Morgan fingerprint density at radius 3 is 2.77 bits per heavy atom. The number of rotatable bonds is 4. The molecule has 1 aliphatic carbocycles. The van der Waals surface area contributed by atoms with Gasteiger partial charge in [0.2, 0.25) is 11.7 Å². The highest BCUT2D eigenvalue weighted by Crippen LogP contribution is 2.60. The summed E-state index contributed by atoms with van der Waals surface area (Å²) < 4.78 is 17.5. The molecular formula is C19H31NO6. The lowest BCUT2D eigenvalue weighted by atomic mass is 9.57. The molecule has 0 aromatic heterocycles. The summed E-state index contributed by atoms with van der Waals surface area (Å²) >= 11 is 0. The van der Waals surface area contributed by atoms with E-state index in [-0.39, 0.29) is 17.7 Å². The van der Waals surface area contributed by atoms with E-state index in [4.69, 9.17) is 24.0 Å². The molecule has 148 valence electrons. The molecule has 1 saturated carbocycles. The van der Waals surface area contributed by atoms with Gasteiger partial charge in [0, 0.05) is 26.0 Å². The lowest BCUT2D eigenvalue weighted by molar-refractivity contribution is -0.569. The normalized spacial score (nSPS) is 50.0. The Kier molecular flexibility index (Phi) is 4.80. The van der Waals surface area contributed by atoms with Gasteiger partial charge in [-0.25, -0.2) is 9.78 Å². The van der Waals surface area contributed by atoms with Gasteiger partial charge in [-0.3, -0.25) is 4.79 Å². The van der Waals surface area contributed by atoms with Gasteiger partial charge in [0.1, 0.15) is 6.10 Å². The molecule has 2 bridgehead atoms. The topological polar surface area (TPSA) is 75.3 Å². The molecule has 4 saturated heterocycles. The van der Waals surface area contributed by atoms with Crippen LogP contribution in [0.3, 0.4) is 0 Å². The first-order valence-corrected chi connectivity index (χ1v) is 9.88. The number of hydrogen-bond donors (Lipinski definition) is 1. The van der Waals surface area contributed by atoms with Crippen LogP contribution in [0, 0.1) is 23.7 Å². The minimum absolute atomic E-state index is 0.0263. The molecule has 0 unspecified atom stereocenters. The predicted octanol–water partition coefficient (Wildman–Crippen LogP) is 2.00. The zero-order valence-corrected chi connectivity index (χ0v) is 16.2. The number of methoxy groups -OCH3 is 1. The maximum atomic E-state index is 12.7. The molecule has 4 aliphatic heterocycles. The van der Waals surface area contributed by atoms with E-state index in [0.717, 1.165) is 25.7 Å². The molecule has 5 aliphatic rings. The van der Waals surface area contributed by atoms with Crippen molar-refractivity contribution in [3.05, 3.63) is 0 Å².